The Hall–Kier alpha value is -1.67. The van der Waals surface area contributed by atoms with Crippen molar-refractivity contribution in [1.82, 2.24) is 5.32 Å². The minimum absolute atomic E-state index is 0.0600. The number of rotatable bonds is 5. The van der Waals surface area contributed by atoms with Gasteiger partial charge in [0.2, 0.25) is 0 Å². The molecule has 1 aliphatic rings. The van der Waals surface area contributed by atoms with Crippen LogP contribution in [0.25, 0.3) is 6.08 Å². The number of ether oxygens (including phenoxy) is 1. The molecule has 1 atom stereocenters. The van der Waals surface area contributed by atoms with Crippen LogP contribution in [0.5, 0.6) is 0 Å². The molecule has 1 aromatic carbocycles. The zero-order chi connectivity index (χ0) is 16.9. The smallest absolute Gasteiger partial charge is 0.331 e. The molecule has 8 heteroatoms. The van der Waals surface area contributed by atoms with Gasteiger partial charge in [0.25, 0.3) is 5.91 Å². The average molecular weight is 402 g/mol. The molecule has 1 heterocycles. The molecule has 0 saturated carbocycles. The number of hydrogen-bond acceptors (Lipinski definition) is 5. The van der Waals surface area contributed by atoms with Crippen LogP contribution in [-0.4, -0.2) is 44.4 Å². The Bertz CT molecular complexity index is 729. The largest absolute Gasteiger partial charge is 0.452 e. The molecule has 0 unspecified atom stereocenters. The topological polar surface area (TPSA) is 89.5 Å². The molecule has 1 fully saturated rings. The molecular formula is C15H16BrNO5S. The number of sulfone groups is 1. The molecule has 124 valence electrons. The van der Waals surface area contributed by atoms with Gasteiger partial charge in [-0.05, 0) is 30.2 Å². The van der Waals surface area contributed by atoms with Crippen molar-refractivity contribution in [3.05, 3.63) is 40.4 Å². The maximum atomic E-state index is 11.6. The first-order valence-corrected chi connectivity index (χ1v) is 9.56. The van der Waals surface area contributed by atoms with Crippen LogP contribution in [0.15, 0.2) is 34.8 Å². The molecule has 1 amide bonds. The van der Waals surface area contributed by atoms with Gasteiger partial charge < -0.3 is 10.1 Å². The van der Waals surface area contributed by atoms with Gasteiger partial charge in [0.15, 0.2) is 16.4 Å². The Balaban J connectivity index is 1.75. The molecule has 0 bridgehead atoms. The highest BCUT2D eigenvalue weighted by Crippen LogP contribution is 2.13. The minimum atomic E-state index is -3.05. The summed E-state index contributed by atoms with van der Waals surface area (Å²) in [6, 6.07) is 6.95. The van der Waals surface area contributed by atoms with Crippen molar-refractivity contribution in [2.45, 2.75) is 12.5 Å². The molecular weight excluding hydrogens is 386 g/mol. The molecule has 6 nitrogen and oxygen atoms in total. The van der Waals surface area contributed by atoms with Gasteiger partial charge in [-0.2, -0.15) is 0 Å². The number of benzene rings is 1. The van der Waals surface area contributed by atoms with Gasteiger partial charge in [-0.1, -0.05) is 28.1 Å². The summed E-state index contributed by atoms with van der Waals surface area (Å²) in [4.78, 5) is 23.2. The van der Waals surface area contributed by atoms with Crippen molar-refractivity contribution < 1.29 is 22.7 Å². The molecule has 0 radical (unpaired) electrons. The van der Waals surface area contributed by atoms with Crippen LogP contribution in [0.4, 0.5) is 0 Å². The number of carbonyl (C=O) groups is 2. The summed E-state index contributed by atoms with van der Waals surface area (Å²) < 4.78 is 28.3. The lowest BCUT2D eigenvalue weighted by Gasteiger charge is -2.10. The van der Waals surface area contributed by atoms with Crippen LogP contribution in [0.2, 0.25) is 0 Å². The van der Waals surface area contributed by atoms with Crippen LogP contribution in [0, 0.1) is 0 Å². The Labute approximate surface area is 142 Å². The van der Waals surface area contributed by atoms with Crippen molar-refractivity contribution in [2.24, 2.45) is 0 Å². The summed E-state index contributed by atoms with van der Waals surface area (Å²) in [6.07, 6.45) is 3.20. The molecule has 0 aromatic heterocycles. The van der Waals surface area contributed by atoms with Gasteiger partial charge in [0.1, 0.15) is 0 Å². The van der Waals surface area contributed by atoms with E-state index in [4.69, 9.17) is 4.74 Å². The summed E-state index contributed by atoms with van der Waals surface area (Å²) in [7, 11) is -3.05. The third-order valence-electron chi connectivity index (χ3n) is 3.20. The predicted octanol–water partition coefficient (Wildman–Crippen LogP) is 1.31. The molecule has 1 aromatic rings. The standard InChI is InChI=1S/C15H16BrNO5S/c16-12-3-1-2-11(8-12)4-5-15(19)22-9-14(18)17-13-6-7-23(20,21)10-13/h1-5,8,13H,6-7,9-10H2,(H,17,18)/b5-4-/t13-/m0/s1. The Kier molecular flexibility index (Phi) is 5.95. The van der Waals surface area contributed by atoms with Crippen LogP contribution >= 0.6 is 15.9 Å². The Morgan fingerprint density at radius 3 is 2.83 bits per heavy atom. The van der Waals surface area contributed by atoms with Gasteiger partial charge in [-0.25, -0.2) is 13.2 Å². The van der Waals surface area contributed by atoms with Gasteiger partial charge in [-0.3, -0.25) is 4.79 Å². The highest BCUT2D eigenvalue weighted by Gasteiger charge is 2.28. The summed E-state index contributed by atoms with van der Waals surface area (Å²) >= 11 is 3.32. The number of halogens is 1. The minimum Gasteiger partial charge on any atom is -0.452 e. The number of nitrogens with one attached hydrogen (secondary N) is 1. The summed E-state index contributed by atoms with van der Waals surface area (Å²) in [5.74, 6) is -1.13. The SMILES string of the molecule is O=C(COC(=O)/C=C\c1cccc(Br)c1)N[C@H]1CCS(=O)(=O)C1. The quantitative estimate of drug-likeness (QED) is 0.593. The maximum absolute atomic E-state index is 11.6. The Morgan fingerprint density at radius 2 is 2.17 bits per heavy atom. The Morgan fingerprint density at radius 1 is 1.39 bits per heavy atom. The fourth-order valence-electron chi connectivity index (χ4n) is 2.14. The molecule has 23 heavy (non-hydrogen) atoms. The van der Waals surface area contributed by atoms with Gasteiger partial charge in [0, 0.05) is 16.6 Å². The van der Waals surface area contributed by atoms with E-state index in [9.17, 15) is 18.0 Å². The van der Waals surface area contributed by atoms with Crippen molar-refractivity contribution in [2.75, 3.05) is 18.1 Å². The first-order chi connectivity index (χ1) is 10.8. The van der Waals surface area contributed by atoms with Crippen molar-refractivity contribution >= 4 is 43.7 Å². The molecule has 2 rings (SSSR count). The van der Waals surface area contributed by atoms with E-state index in [1.165, 1.54) is 6.08 Å². The lowest BCUT2D eigenvalue weighted by molar-refractivity contribution is -0.143. The van der Waals surface area contributed by atoms with Gasteiger partial charge in [0.05, 0.1) is 11.5 Å². The molecule has 1 aliphatic heterocycles. The lowest BCUT2D eigenvalue weighted by atomic mass is 10.2. The normalized spacial score (nSPS) is 19.6. The predicted molar refractivity (Wildman–Crippen MR) is 89.3 cm³/mol. The van der Waals surface area contributed by atoms with E-state index in [1.54, 1.807) is 6.08 Å². The zero-order valence-corrected chi connectivity index (χ0v) is 14.6. The molecule has 1 N–H and O–H groups in total. The van der Waals surface area contributed by atoms with Crippen molar-refractivity contribution in [3.63, 3.8) is 0 Å². The third kappa shape index (κ3) is 6.15. The van der Waals surface area contributed by atoms with E-state index in [2.05, 4.69) is 21.2 Å². The third-order valence-corrected chi connectivity index (χ3v) is 5.46. The van der Waals surface area contributed by atoms with E-state index in [0.717, 1.165) is 10.0 Å². The fraction of sp³-hybridized carbons (Fsp3) is 0.333. The molecule has 0 aliphatic carbocycles. The summed E-state index contributed by atoms with van der Waals surface area (Å²) in [5, 5.41) is 2.55. The number of hydrogen-bond donors (Lipinski definition) is 1. The van der Waals surface area contributed by atoms with Gasteiger partial charge >= 0.3 is 5.97 Å². The van der Waals surface area contributed by atoms with E-state index in [1.807, 2.05) is 24.3 Å². The first-order valence-electron chi connectivity index (χ1n) is 6.94. The first kappa shape index (κ1) is 17.7. The van der Waals surface area contributed by atoms with Crippen molar-refractivity contribution in [1.29, 1.82) is 0 Å². The number of carbonyl (C=O) groups excluding carboxylic acids is 2. The van der Waals surface area contributed by atoms with Gasteiger partial charge in [-0.15, -0.1) is 0 Å². The summed E-state index contributed by atoms with van der Waals surface area (Å²) in [5.41, 5.74) is 0.817. The van der Waals surface area contributed by atoms with Crippen LogP contribution in [0.3, 0.4) is 0 Å². The second-order valence-electron chi connectivity index (χ2n) is 5.16. The zero-order valence-electron chi connectivity index (χ0n) is 12.2. The van der Waals surface area contributed by atoms with Crippen LogP contribution in [0.1, 0.15) is 12.0 Å². The van der Waals surface area contributed by atoms with Crippen LogP contribution < -0.4 is 5.32 Å². The van der Waals surface area contributed by atoms with Crippen LogP contribution in [-0.2, 0) is 24.2 Å². The average Bonchev–Trinajstić information content (AvgIpc) is 2.82. The van der Waals surface area contributed by atoms with E-state index in [0.29, 0.717) is 6.42 Å². The van der Waals surface area contributed by atoms with E-state index in [-0.39, 0.29) is 11.5 Å². The monoisotopic (exact) mass is 401 g/mol. The highest BCUT2D eigenvalue weighted by molar-refractivity contribution is 9.10. The second kappa shape index (κ2) is 7.74. The van der Waals surface area contributed by atoms with E-state index >= 15 is 0 Å². The lowest BCUT2D eigenvalue weighted by Crippen LogP contribution is -2.38. The highest BCUT2D eigenvalue weighted by atomic mass is 79.9. The van der Waals surface area contributed by atoms with E-state index < -0.39 is 34.4 Å². The van der Waals surface area contributed by atoms with Crippen molar-refractivity contribution in [3.8, 4) is 0 Å². The summed E-state index contributed by atoms with van der Waals surface area (Å²) in [6.45, 7) is -0.432. The molecule has 1 saturated heterocycles. The number of amides is 1. The molecule has 0 spiro atoms. The second-order valence-corrected chi connectivity index (χ2v) is 8.31. The fourth-order valence-corrected chi connectivity index (χ4v) is 4.23. The number of esters is 1. The maximum Gasteiger partial charge on any atom is 0.331 e.